The van der Waals surface area contributed by atoms with E-state index in [2.05, 4.69) is 27.4 Å². The van der Waals surface area contributed by atoms with Gasteiger partial charge in [0.25, 0.3) is 0 Å². The van der Waals surface area contributed by atoms with Gasteiger partial charge in [-0.05, 0) is 24.7 Å². The van der Waals surface area contributed by atoms with Crippen molar-refractivity contribution < 1.29 is 0 Å². The van der Waals surface area contributed by atoms with Crippen LogP contribution in [-0.2, 0) is 0 Å². The first-order valence-electron chi connectivity index (χ1n) is 6.29. The molecule has 1 atom stereocenters. The molecule has 0 spiro atoms. The topological polar surface area (TPSA) is 35.0 Å². The van der Waals surface area contributed by atoms with Gasteiger partial charge in [0, 0.05) is 0 Å². The highest BCUT2D eigenvalue weighted by Crippen LogP contribution is 2.18. The summed E-state index contributed by atoms with van der Waals surface area (Å²) in [6.45, 7) is 10.8. The zero-order chi connectivity index (χ0) is 10.8. The van der Waals surface area contributed by atoms with Gasteiger partial charge in [-0.3, -0.25) is 0 Å². The van der Waals surface area contributed by atoms with E-state index in [-0.39, 0.29) is 6.15 Å². The highest BCUT2D eigenvalue weighted by Gasteiger charge is 2.05. The van der Waals surface area contributed by atoms with E-state index < -0.39 is 0 Å². The van der Waals surface area contributed by atoms with Crippen LogP contribution in [-0.4, -0.2) is 0 Å². The molecule has 0 radical (unpaired) electrons. The zero-order valence-electron chi connectivity index (χ0n) is 11.1. The Morgan fingerprint density at radius 2 is 1.47 bits per heavy atom. The first-order chi connectivity index (χ1) is 6.68. The van der Waals surface area contributed by atoms with E-state index in [1.54, 1.807) is 0 Å². The third-order valence-corrected chi connectivity index (χ3v) is 3.21. The van der Waals surface area contributed by atoms with Gasteiger partial charge in [0.2, 0.25) is 0 Å². The molecule has 0 amide bonds. The van der Waals surface area contributed by atoms with Crippen molar-refractivity contribution in [3.05, 3.63) is 12.7 Å². The monoisotopic (exact) mass is 213 g/mol. The van der Waals surface area contributed by atoms with Crippen LogP contribution in [0.2, 0.25) is 0 Å². The van der Waals surface area contributed by atoms with Crippen LogP contribution >= 0.6 is 0 Å². The molecule has 3 N–H and O–H groups in total. The molecule has 0 fully saturated rings. The van der Waals surface area contributed by atoms with Gasteiger partial charge in [-0.2, -0.15) is 0 Å². The van der Waals surface area contributed by atoms with Crippen LogP contribution in [0.5, 0.6) is 0 Å². The molecule has 0 rings (SSSR count). The van der Waals surface area contributed by atoms with Crippen molar-refractivity contribution >= 4 is 0 Å². The van der Waals surface area contributed by atoms with E-state index >= 15 is 0 Å². The summed E-state index contributed by atoms with van der Waals surface area (Å²) in [5, 5.41) is 0. The third-order valence-electron chi connectivity index (χ3n) is 3.21. The highest BCUT2D eigenvalue weighted by atomic mass is 14.1. The molecule has 1 unspecified atom stereocenters. The largest absolute Gasteiger partial charge is 0.344 e. The summed E-state index contributed by atoms with van der Waals surface area (Å²) in [5.41, 5.74) is 0. The summed E-state index contributed by atoms with van der Waals surface area (Å²) < 4.78 is 0. The van der Waals surface area contributed by atoms with Gasteiger partial charge < -0.3 is 6.15 Å². The summed E-state index contributed by atoms with van der Waals surface area (Å²) >= 11 is 0. The van der Waals surface area contributed by atoms with E-state index in [4.69, 9.17) is 0 Å². The molecule has 1 nitrogen and oxygen atoms in total. The fourth-order valence-corrected chi connectivity index (χ4v) is 1.62. The average Bonchev–Trinajstić information content (AvgIpc) is 2.16. The van der Waals surface area contributed by atoms with Crippen molar-refractivity contribution in [1.82, 2.24) is 6.15 Å². The van der Waals surface area contributed by atoms with E-state index in [1.165, 1.54) is 44.9 Å². The lowest BCUT2D eigenvalue weighted by atomic mass is 9.92. The van der Waals surface area contributed by atoms with Gasteiger partial charge in [-0.15, -0.1) is 6.58 Å². The lowest BCUT2D eigenvalue weighted by Crippen LogP contribution is -2.03. The normalized spacial score (nSPS) is 12.3. The van der Waals surface area contributed by atoms with Gasteiger partial charge >= 0.3 is 0 Å². The Balaban J connectivity index is 0. The Morgan fingerprint density at radius 1 is 0.933 bits per heavy atom. The Bertz CT molecular complexity index is 129. The minimum atomic E-state index is 0. The Labute approximate surface area is 96.9 Å². The number of hydrogen-bond donors (Lipinski definition) is 1. The van der Waals surface area contributed by atoms with Crippen LogP contribution in [0.25, 0.3) is 0 Å². The summed E-state index contributed by atoms with van der Waals surface area (Å²) in [6.07, 6.45) is 11.6. The van der Waals surface area contributed by atoms with Crippen molar-refractivity contribution in [2.24, 2.45) is 11.8 Å². The molecule has 0 aromatic heterocycles. The molecule has 0 aliphatic carbocycles. The van der Waals surface area contributed by atoms with Crippen molar-refractivity contribution in [2.45, 2.75) is 65.7 Å². The maximum atomic E-state index is 3.74. The summed E-state index contributed by atoms with van der Waals surface area (Å²) in [5.74, 6) is 1.76. The fourth-order valence-electron chi connectivity index (χ4n) is 1.62. The Morgan fingerprint density at radius 3 is 2.00 bits per heavy atom. The average molecular weight is 213 g/mol. The molecule has 0 saturated heterocycles. The minimum absolute atomic E-state index is 0. The molecule has 1 heteroatoms. The maximum absolute atomic E-state index is 3.74. The van der Waals surface area contributed by atoms with Crippen LogP contribution in [0, 0.1) is 11.8 Å². The fraction of sp³-hybridized carbons (Fsp3) is 0.857. The molecule has 15 heavy (non-hydrogen) atoms. The van der Waals surface area contributed by atoms with E-state index in [0.29, 0.717) is 0 Å². The number of unbranched alkanes of at least 4 members (excludes halogenated alkanes) is 5. The molecule has 0 aromatic rings. The number of allylic oxidation sites excluding steroid dienone is 1. The quantitative estimate of drug-likeness (QED) is 0.406. The summed E-state index contributed by atoms with van der Waals surface area (Å²) in [4.78, 5) is 0. The van der Waals surface area contributed by atoms with E-state index in [0.717, 1.165) is 11.8 Å². The Kier molecular flexibility index (Phi) is 13.4. The number of rotatable bonds is 9. The van der Waals surface area contributed by atoms with Crippen LogP contribution in [0.15, 0.2) is 12.7 Å². The summed E-state index contributed by atoms with van der Waals surface area (Å²) in [7, 11) is 0. The van der Waals surface area contributed by atoms with Crippen LogP contribution in [0.4, 0.5) is 0 Å². The molecule has 0 saturated carbocycles. The molecule has 0 bridgehead atoms. The smallest absolute Gasteiger partial charge is 0.0353 e. The van der Waals surface area contributed by atoms with E-state index in [9.17, 15) is 0 Å². The van der Waals surface area contributed by atoms with Crippen LogP contribution in [0.3, 0.4) is 0 Å². The molecule has 0 aromatic carbocycles. The first kappa shape index (κ1) is 17.1. The van der Waals surface area contributed by atoms with Gasteiger partial charge in [-0.1, -0.05) is 59.0 Å². The standard InChI is InChI=1S/C14H28.H3N/c1-5-6-7-8-9-10-11-12-14(4)13(2)3;/h5,13-14H,1,6-12H2,2-4H3;1H3. The van der Waals surface area contributed by atoms with Gasteiger partial charge in [0.05, 0.1) is 0 Å². The Hall–Kier alpha value is -0.300. The molecular weight excluding hydrogens is 182 g/mol. The number of hydrogen-bond acceptors (Lipinski definition) is 1. The third kappa shape index (κ3) is 11.6. The van der Waals surface area contributed by atoms with Gasteiger partial charge in [-0.25, -0.2) is 0 Å². The molecule has 0 aliphatic rings. The van der Waals surface area contributed by atoms with Crippen molar-refractivity contribution in [3.8, 4) is 0 Å². The van der Waals surface area contributed by atoms with Crippen molar-refractivity contribution in [1.29, 1.82) is 0 Å². The SMILES string of the molecule is C=CCCCCCCCC(C)C(C)C.N. The second-order valence-corrected chi connectivity index (χ2v) is 4.86. The maximum Gasteiger partial charge on any atom is -0.0353 e. The zero-order valence-corrected chi connectivity index (χ0v) is 11.1. The predicted octanol–water partition coefficient (Wildman–Crippen LogP) is 5.36. The molecular formula is C14H31N. The van der Waals surface area contributed by atoms with Crippen LogP contribution < -0.4 is 6.15 Å². The van der Waals surface area contributed by atoms with Gasteiger partial charge in [0.15, 0.2) is 0 Å². The summed E-state index contributed by atoms with van der Waals surface area (Å²) in [6, 6.07) is 0. The predicted molar refractivity (Wildman–Crippen MR) is 71.5 cm³/mol. The van der Waals surface area contributed by atoms with E-state index in [1.807, 2.05) is 6.08 Å². The first-order valence-corrected chi connectivity index (χ1v) is 6.29. The molecule has 92 valence electrons. The lowest BCUT2D eigenvalue weighted by molar-refractivity contribution is 0.375. The second-order valence-electron chi connectivity index (χ2n) is 4.86. The van der Waals surface area contributed by atoms with Crippen molar-refractivity contribution in [2.75, 3.05) is 0 Å². The lowest BCUT2D eigenvalue weighted by Gasteiger charge is -2.14. The second kappa shape index (κ2) is 11.8. The van der Waals surface area contributed by atoms with Crippen molar-refractivity contribution in [3.63, 3.8) is 0 Å². The van der Waals surface area contributed by atoms with Crippen LogP contribution in [0.1, 0.15) is 65.7 Å². The minimum Gasteiger partial charge on any atom is -0.344 e. The van der Waals surface area contributed by atoms with Gasteiger partial charge in [0.1, 0.15) is 0 Å². The molecule has 0 heterocycles. The highest BCUT2D eigenvalue weighted by molar-refractivity contribution is 4.65. The molecule has 0 aliphatic heterocycles.